The molecule has 1 aliphatic rings. The second-order valence-electron chi connectivity index (χ2n) is 6.23. The summed E-state index contributed by atoms with van der Waals surface area (Å²) in [6.07, 6.45) is 2.47. The SMILES string of the molecule is O=C1O/C(=C/c2ccccc2)CC1(c1ccccc1)c1ccccc1. The predicted molar refractivity (Wildman–Crippen MR) is 98.8 cm³/mol. The first-order valence-corrected chi connectivity index (χ1v) is 8.38. The van der Waals surface area contributed by atoms with E-state index >= 15 is 0 Å². The summed E-state index contributed by atoms with van der Waals surface area (Å²) in [7, 11) is 0. The summed E-state index contributed by atoms with van der Waals surface area (Å²) in [5, 5.41) is 0. The summed E-state index contributed by atoms with van der Waals surface area (Å²) in [5.74, 6) is 0.482. The second kappa shape index (κ2) is 6.40. The van der Waals surface area contributed by atoms with Crippen molar-refractivity contribution in [2.45, 2.75) is 11.8 Å². The molecule has 0 amide bonds. The summed E-state index contributed by atoms with van der Waals surface area (Å²) in [6, 6.07) is 29.7. The molecule has 4 rings (SSSR count). The molecule has 122 valence electrons. The number of esters is 1. The van der Waals surface area contributed by atoms with Crippen LogP contribution in [-0.2, 0) is 14.9 Å². The predicted octanol–water partition coefficient (Wildman–Crippen LogP) is 4.96. The maximum absolute atomic E-state index is 13.0. The van der Waals surface area contributed by atoms with Gasteiger partial charge in [0.25, 0.3) is 0 Å². The Hall–Kier alpha value is -3.13. The first-order chi connectivity index (χ1) is 12.3. The van der Waals surface area contributed by atoms with Gasteiger partial charge < -0.3 is 4.74 Å². The van der Waals surface area contributed by atoms with Crippen LogP contribution >= 0.6 is 0 Å². The molecule has 1 fully saturated rings. The van der Waals surface area contributed by atoms with Crippen LogP contribution in [0.1, 0.15) is 23.1 Å². The lowest BCUT2D eigenvalue weighted by atomic mass is 9.73. The van der Waals surface area contributed by atoms with Gasteiger partial charge in [0, 0.05) is 6.42 Å². The fourth-order valence-electron chi connectivity index (χ4n) is 3.44. The minimum atomic E-state index is -0.789. The molecule has 1 aliphatic heterocycles. The van der Waals surface area contributed by atoms with Gasteiger partial charge in [0.05, 0.1) is 0 Å². The lowest BCUT2D eigenvalue weighted by Gasteiger charge is -2.25. The van der Waals surface area contributed by atoms with Crippen molar-refractivity contribution in [1.29, 1.82) is 0 Å². The van der Waals surface area contributed by atoms with Crippen molar-refractivity contribution in [1.82, 2.24) is 0 Å². The van der Waals surface area contributed by atoms with Crippen LogP contribution in [0.25, 0.3) is 6.08 Å². The lowest BCUT2D eigenvalue weighted by Crippen LogP contribution is -2.32. The Morgan fingerprint density at radius 1 is 0.720 bits per heavy atom. The average Bonchev–Trinajstić information content (AvgIpc) is 3.01. The standard InChI is InChI=1S/C23H18O2/c24-22-23(19-12-6-2-7-13-19,20-14-8-3-9-15-20)17-21(25-22)16-18-10-4-1-5-11-18/h1-16H,17H2/b21-16+. The minimum Gasteiger partial charge on any atom is -0.430 e. The van der Waals surface area contributed by atoms with Crippen molar-refractivity contribution in [3.05, 3.63) is 113 Å². The Morgan fingerprint density at radius 3 is 1.72 bits per heavy atom. The molecule has 1 heterocycles. The van der Waals surface area contributed by atoms with Crippen LogP contribution in [0.4, 0.5) is 0 Å². The highest BCUT2D eigenvalue weighted by atomic mass is 16.5. The average molecular weight is 326 g/mol. The Kier molecular flexibility index (Phi) is 3.95. The first-order valence-electron chi connectivity index (χ1n) is 8.38. The van der Waals surface area contributed by atoms with Crippen LogP contribution in [0.3, 0.4) is 0 Å². The molecule has 3 aromatic carbocycles. The first kappa shape index (κ1) is 15.4. The fraction of sp³-hybridized carbons (Fsp3) is 0.0870. The molecule has 3 aromatic rings. The van der Waals surface area contributed by atoms with E-state index in [0.29, 0.717) is 12.2 Å². The molecule has 0 spiro atoms. The molecular formula is C23H18O2. The van der Waals surface area contributed by atoms with Crippen LogP contribution in [0, 0.1) is 0 Å². The Labute approximate surface area is 147 Å². The molecule has 0 saturated carbocycles. The zero-order chi connectivity index (χ0) is 17.1. The number of benzene rings is 3. The molecule has 0 unspecified atom stereocenters. The van der Waals surface area contributed by atoms with Crippen molar-refractivity contribution in [2.24, 2.45) is 0 Å². The molecule has 0 bridgehead atoms. The summed E-state index contributed by atoms with van der Waals surface area (Å²) in [4.78, 5) is 13.0. The molecule has 25 heavy (non-hydrogen) atoms. The number of carbonyl (C=O) groups is 1. The highest BCUT2D eigenvalue weighted by Gasteiger charge is 2.49. The van der Waals surface area contributed by atoms with E-state index in [4.69, 9.17) is 4.74 Å². The van der Waals surface area contributed by atoms with Gasteiger partial charge in [-0.3, -0.25) is 4.79 Å². The largest absolute Gasteiger partial charge is 0.430 e. The number of carbonyl (C=O) groups excluding carboxylic acids is 1. The van der Waals surface area contributed by atoms with E-state index in [2.05, 4.69) is 0 Å². The van der Waals surface area contributed by atoms with Crippen LogP contribution in [0.2, 0.25) is 0 Å². The number of rotatable bonds is 3. The summed E-state index contributed by atoms with van der Waals surface area (Å²) < 4.78 is 5.71. The minimum absolute atomic E-state index is 0.216. The molecule has 0 radical (unpaired) electrons. The van der Waals surface area contributed by atoms with Gasteiger partial charge in [-0.25, -0.2) is 0 Å². The molecular weight excluding hydrogens is 308 g/mol. The van der Waals surface area contributed by atoms with E-state index in [0.717, 1.165) is 16.7 Å². The number of hydrogen-bond donors (Lipinski definition) is 0. The van der Waals surface area contributed by atoms with E-state index in [1.807, 2.05) is 97.1 Å². The molecule has 2 nitrogen and oxygen atoms in total. The number of cyclic esters (lactones) is 1. The van der Waals surface area contributed by atoms with Crippen LogP contribution in [0.15, 0.2) is 96.8 Å². The normalized spacial score (nSPS) is 17.4. The van der Waals surface area contributed by atoms with Gasteiger partial charge in [0.2, 0.25) is 0 Å². The van der Waals surface area contributed by atoms with Gasteiger partial charge in [-0.1, -0.05) is 91.0 Å². The molecule has 0 aromatic heterocycles. The second-order valence-corrected chi connectivity index (χ2v) is 6.23. The van der Waals surface area contributed by atoms with Crippen molar-refractivity contribution in [3.63, 3.8) is 0 Å². The number of allylic oxidation sites excluding steroid dienone is 1. The van der Waals surface area contributed by atoms with Crippen molar-refractivity contribution < 1.29 is 9.53 Å². The van der Waals surface area contributed by atoms with E-state index < -0.39 is 5.41 Å². The van der Waals surface area contributed by atoms with Crippen molar-refractivity contribution in [2.75, 3.05) is 0 Å². The molecule has 0 N–H and O–H groups in total. The van der Waals surface area contributed by atoms with Gasteiger partial charge in [0.1, 0.15) is 11.2 Å². The third kappa shape index (κ3) is 2.76. The lowest BCUT2D eigenvalue weighted by molar-refractivity contribution is -0.139. The topological polar surface area (TPSA) is 26.3 Å². The van der Waals surface area contributed by atoms with Crippen LogP contribution in [0.5, 0.6) is 0 Å². The molecule has 0 atom stereocenters. The van der Waals surface area contributed by atoms with Gasteiger partial charge in [-0.05, 0) is 22.8 Å². The number of ether oxygens (including phenoxy) is 1. The third-order valence-electron chi connectivity index (χ3n) is 4.67. The molecule has 1 saturated heterocycles. The van der Waals surface area contributed by atoms with Gasteiger partial charge in [0.15, 0.2) is 0 Å². The zero-order valence-corrected chi connectivity index (χ0v) is 13.8. The monoisotopic (exact) mass is 326 g/mol. The molecule has 0 aliphatic carbocycles. The smallest absolute Gasteiger partial charge is 0.326 e. The van der Waals surface area contributed by atoms with E-state index in [9.17, 15) is 4.79 Å². The van der Waals surface area contributed by atoms with Gasteiger partial charge in [-0.2, -0.15) is 0 Å². The van der Waals surface area contributed by atoms with Crippen molar-refractivity contribution in [3.8, 4) is 0 Å². The van der Waals surface area contributed by atoms with E-state index in [-0.39, 0.29) is 5.97 Å². The highest BCUT2D eigenvalue weighted by Crippen LogP contribution is 2.45. The summed E-state index contributed by atoms with van der Waals surface area (Å²) in [5.41, 5.74) is 2.16. The van der Waals surface area contributed by atoms with Gasteiger partial charge in [-0.15, -0.1) is 0 Å². The maximum atomic E-state index is 13.0. The zero-order valence-electron chi connectivity index (χ0n) is 13.8. The van der Waals surface area contributed by atoms with Crippen molar-refractivity contribution >= 4 is 12.0 Å². The summed E-state index contributed by atoms with van der Waals surface area (Å²) >= 11 is 0. The Morgan fingerprint density at radius 2 is 1.20 bits per heavy atom. The fourth-order valence-corrected chi connectivity index (χ4v) is 3.44. The van der Waals surface area contributed by atoms with Gasteiger partial charge >= 0.3 is 5.97 Å². The highest BCUT2D eigenvalue weighted by molar-refractivity contribution is 5.92. The maximum Gasteiger partial charge on any atom is 0.326 e. The van der Waals surface area contributed by atoms with E-state index in [1.54, 1.807) is 0 Å². The summed E-state index contributed by atoms with van der Waals surface area (Å²) in [6.45, 7) is 0. The van der Waals surface area contributed by atoms with E-state index in [1.165, 1.54) is 0 Å². The Balaban J connectivity index is 1.83. The Bertz CT molecular complexity index is 857. The molecule has 2 heteroatoms. The number of hydrogen-bond acceptors (Lipinski definition) is 2. The van der Waals surface area contributed by atoms with Crippen LogP contribution in [-0.4, -0.2) is 5.97 Å². The third-order valence-corrected chi connectivity index (χ3v) is 4.67. The quantitative estimate of drug-likeness (QED) is 0.636. The van der Waals surface area contributed by atoms with Crippen LogP contribution < -0.4 is 0 Å².